The van der Waals surface area contributed by atoms with E-state index in [1.165, 1.54) is 0 Å². The van der Waals surface area contributed by atoms with Crippen molar-refractivity contribution in [1.82, 2.24) is 19.9 Å². The zero-order valence-corrected chi connectivity index (χ0v) is 18.1. The summed E-state index contributed by atoms with van der Waals surface area (Å²) < 4.78 is 0. The molecule has 0 fully saturated rings. The van der Waals surface area contributed by atoms with E-state index in [4.69, 9.17) is 10.4 Å². The van der Waals surface area contributed by atoms with Crippen molar-refractivity contribution in [2.75, 3.05) is 0 Å². The Morgan fingerprint density at radius 1 is 0.594 bits per heavy atom. The molecule has 5 nitrogen and oxygen atoms in total. The summed E-state index contributed by atoms with van der Waals surface area (Å²) in [6.45, 7) is 0. The zero-order valence-electron chi connectivity index (χ0n) is 17.0. The van der Waals surface area contributed by atoms with Gasteiger partial charge in [0.2, 0.25) is 0 Å². The molecule has 8 bridgehead atoms. The van der Waals surface area contributed by atoms with Crippen LogP contribution in [0.1, 0.15) is 11.4 Å². The smallest absolute Gasteiger partial charge is 0.103 e. The maximum absolute atomic E-state index is 8.67. The summed E-state index contributed by atoms with van der Waals surface area (Å²) in [5.41, 5.74) is 9.25. The maximum Gasteiger partial charge on any atom is 0.103 e. The van der Waals surface area contributed by atoms with Crippen LogP contribution in [-0.4, -0.2) is 19.9 Å². The quantitative estimate of drug-likeness (QED) is 0.230. The van der Waals surface area contributed by atoms with Gasteiger partial charge in [-0.2, -0.15) is 0 Å². The van der Waals surface area contributed by atoms with Crippen LogP contribution in [0.5, 0.6) is 0 Å². The van der Waals surface area contributed by atoms with Gasteiger partial charge in [-0.1, -0.05) is 30.3 Å². The summed E-state index contributed by atoms with van der Waals surface area (Å²) in [6.07, 6.45) is 3.90. The van der Waals surface area contributed by atoms with E-state index in [9.17, 15) is 0 Å². The van der Waals surface area contributed by atoms with E-state index in [0.717, 1.165) is 49.9 Å². The van der Waals surface area contributed by atoms with Crippen LogP contribution in [0.2, 0.25) is 0 Å². The Kier molecular flexibility index (Phi) is 5.02. The van der Waals surface area contributed by atoms with Gasteiger partial charge in [-0.15, -0.1) is 0 Å². The van der Waals surface area contributed by atoms with E-state index in [-0.39, 0.29) is 17.1 Å². The molecule has 6 heteroatoms. The van der Waals surface area contributed by atoms with Crippen LogP contribution in [0.4, 0.5) is 0 Å². The predicted octanol–water partition coefficient (Wildman–Crippen LogP) is 5.84. The van der Waals surface area contributed by atoms with Crippen molar-refractivity contribution in [3.63, 3.8) is 0 Å². The second kappa shape index (κ2) is 8.00. The third-order valence-electron chi connectivity index (χ3n) is 5.52. The number of hydrogen-bond donors (Lipinski definition) is 4. The van der Waals surface area contributed by atoms with Gasteiger partial charge in [0.25, 0.3) is 0 Å². The number of H-pyrrole nitrogens is 3. The molecule has 32 heavy (non-hydrogen) atoms. The van der Waals surface area contributed by atoms with E-state index in [1.807, 2.05) is 54.6 Å². The second-order valence-electron chi connectivity index (χ2n) is 7.64. The minimum atomic E-state index is 0. The summed E-state index contributed by atoms with van der Waals surface area (Å²) in [5.74, 6) is 0. The van der Waals surface area contributed by atoms with Crippen molar-refractivity contribution in [3.8, 4) is 11.1 Å². The molecule has 0 saturated carbocycles. The van der Waals surface area contributed by atoms with Gasteiger partial charge in [0, 0.05) is 50.2 Å². The molecule has 4 aromatic heterocycles. The number of benzene rings is 1. The van der Waals surface area contributed by atoms with Crippen LogP contribution in [0.3, 0.4) is 0 Å². The monoisotopic (exact) mass is 457 g/mol. The molecular weight excluding hydrogens is 438 g/mol. The van der Waals surface area contributed by atoms with Crippen LogP contribution in [0, 0.1) is 5.41 Å². The number of fused-ring (bicyclic) bond motifs is 8. The van der Waals surface area contributed by atoms with Gasteiger partial charge in [-0.25, -0.2) is 4.98 Å². The van der Waals surface area contributed by atoms with E-state index in [2.05, 4.69) is 51.4 Å². The van der Waals surface area contributed by atoms with Crippen molar-refractivity contribution < 1.29 is 17.1 Å². The van der Waals surface area contributed by atoms with Gasteiger partial charge < -0.3 is 15.0 Å². The Balaban J connectivity index is 0.00000216. The number of aromatic amines is 3. The minimum Gasteiger partial charge on any atom is -0.355 e. The van der Waals surface area contributed by atoms with Gasteiger partial charge in [0.1, 0.15) is 5.36 Å². The molecule has 5 heterocycles. The molecule has 1 aromatic carbocycles. The average molecular weight is 457 g/mol. The summed E-state index contributed by atoms with van der Waals surface area (Å²) in [6, 6.07) is 26.5. The van der Waals surface area contributed by atoms with E-state index < -0.39 is 0 Å². The predicted molar refractivity (Wildman–Crippen MR) is 126 cm³/mol. The second-order valence-corrected chi connectivity index (χ2v) is 7.64. The van der Waals surface area contributed by atoms with E-state index >= 15 is 0 Å². The van der Waals surface area contributed by atoms with E-state index in [1.54, 1.807) is 0 Å². The first-order valence-electron chi connectivity index (χ1n) is 10.2. The Labute approximate surface area is 194 Å². The van der Waals surface area contributed by atoms with E-state index in [0.29, 0.717) is 11.1 Å². The normalized spacial score (nSPS) is 11.5. The van der Waals surface area contributed by atoms with Crippen molar-refractivity contribution >= 4 is 45.3 Å². The Morgan fingerprint density at radius 2 is 1.16 bits per heavy atom. The van der Waals surface area contributed by atoms with Crippen LogP contribution >= 0.6 is 0 Å². The molecule has 6 rings (SSSR count). The zero-order chi connectivity index (χ0) is 20.8. The van der Waals surface area contributed by atoms with Crippen LogP contribution in [0.15, 0.2) is 78.9 Å². The molecule has 0 spiro atoms. The minimum absolute atomic E-state index is 0. The van der Waals surface area contributed by atoms with Crippen LogP contribution in [0.25, 0.3) is 56.4 Å². The molecular formula is C26H19FeN5. The van der Waals surface area contributed by atoms with Crippen LogP contribution < -0.4 is 5.36 Å². The standard InChI is InChI=1S/C26H19N5.Fe/c27-26-23-11-9-20(30-23)15-18-7-6-17(28-18)14-19-8-10-21(29-19)25(16-4-2-1-3-5-16)22-12-13-24(26)31-22;/h1-15,27-30H;. The molecule has 0 amide bonds. The fraction of sp³-hybridized carbons (Fsp3) is 0. The Morgan fingerprint density at radius 3 is 1.88 bits per heavy atom. The van der Waals surface area contributed by atoms with Crippen LogP contribution in [-0.2, 0) is 17.1 Å². The van der Waals surface area contributed by atoms with Gasteiger partial charge in [-0.05, 0) is 66.2 Å². The van der Waals surface area contributed by atoms with Gasteiger partial charge >= 0.3 is 0 Å². The Hall–Kier alpha value is -3.86. The first-order valence-corrected chi connectivity index (χ1v) is 10.2. The molecule has 0 radical (unpaired) electrons. The number of nitrogens with zero attached hydrogens (tertiary/aromatic N) is 1. The number of nitrogens with one attached hydrogen (secondary N) is 4. The van der Waals surface area contributed by atoms with Gasteiger partial charge in [-0.3, -0.25) is 5.41 Å². The Bertz CT molecular complexity index is 1650. The summed E-state index contributed by atoms with van der Waals surface area (Å²) in [7, 11) is 0. The summed E-state index contributed by atoms with van der Waals surface area (Å²) in [5, 5.41) is 9.05. The molecule has 0 unspecified atom stereocenters. The molecule has 0 atom stereocenters. The molecule has 1 aliphatic heterocycles. The molecule has 0 saturated heterocycles. The SMILES string of the molecule is N=c1c2nc(c(-c3ccccc3)c3ccc(cc4ccc(cc5ccc1[nH]5)[nH]4)[nH]3)C=C2.[Fe]. The van der Waals surface area contributed by atoms with Gasteiger partial charge in [0.15, 0.2) is 0 Å². The van der Waals surface area contributed by atoms with Gasteiger partial charge in [0.05, 0.1) is 16.9 Å². The third-order valence-corrected chi connectivity index (χ3v) is 5.52. The fourth-order valence-electron chi connectivity index (χ4n) is 4.04. The number of rotatable bonds is 1. The first kappa shape index (κ1) is 20.1. The molecule has 156 valence electrons. The number of aromatic nitrogens is 4. The third kappa shape index (κ3) is 3.56. The van der Waals surface area contributed by atoms with Crippen molar-refractivity contribution in [3.05, 3.63) is 95.6 Å². The first-order chi connectivity index (χ1) is 15.2. The molecule has 1 aliphatic rings. The molecule has 4 N–H and O–H groups in total. The summed E-state index contributed by atoms with van der Waals surface area (Å²) >= 11 is 0. The summed E-state index contributed by atoms with van der Waals surface area (Å²) in [4.78, 5) is 15.1. The molecule has 5 aromatic rings. The average Bonchev–Trinajstić information content (AvgIpc) is 3.58. The number of hydrogen-bond acceptors (Lipinski definition) is 2. The van der Waals surface area contributed by atoms with Crippen molar-refractivity contribution in [2.45, 2.75) is 0 Å². The van der Waals surface area contributed by atoms with Crippen molar-refractivity contribution in [1.29, 1.82) is 5.41 Å². The fourth-order valence-corrected chi connectivity index (χ4v) is 4.04. The topological polar surface area (TPSA) is 84.1 Å². The maximum atomic E-state index is 8.67. The van der Waals surface area contributed by atoms with Crippen molar-refractivity contribution in [2.24, 2.45) is 0 Å². The molecule has 0 aliphatic carbocycles. The largest absolute Gasteiger partial charge is 0.355 e.